The number of aromatic nitrogens is 3. The molecule has 42 heavy (non-hydrogen) atoms. The Hall–Kier alpha value is -4.10. The number of fused-ring (bicyclic) bond motifs is 2. The van der Waals surface area contributed by atoms with Crippen LogP contribution in [0.4, 0.5) is 10.2 Å². The van der Waals surface area contributed by atoms with Gasteiger partial charge in [-0.25, -0.2) is 9.37 Å². The summed E-state index contributed by atoms with van der Waals surface area (Å²) in [6, 6.07) is 15.1. The van der Waals surface area contributed by atoms with Crippen LogP contribution >= 0.6 is 0 Å². The molecule has 2 aromatic carbocycles. The molecule has 2 bridgehead atoms. The van der Waals surface area contributed by atoms with Crippen molar-refractivity contribution < 1.29 is 13.9 Å². The first-order chi connectivity index (χ1) is 20.3. The molecule has 3 aromatic rings. The van der Waals surface area contributed by atoms with E-state index in [1.807, 2.05) is 32.9 Å². The molecular formula is C32H36FN7O2. The van der Waals surface area contributed by atoms with Gasteiger partial charge < -0.3 is 14.5 Å². The van der Waals surface area contributed by atoms with E-state index in [1.165, 1.54) is 42.9 Å². The van der Waals surface area contributed by atoms with Crippen molar-refractivity contribution >= 4 is 11.7 Å². The lowest BCUT2D eigenvalue weighted by molar-refractivity contribution is 0.0168. The summed E-state index contributed by atoms with van der Waals surface area (Å²) in [5, 5.41) is 17.3. The number of halogens is 1. The molecule has 3 aliphatic heterocycles. The summed E-state index contributed by atoms with van der Waals surface area (Å²) < 4.78 is 20.4. The number of ether oxygens (including phenoxy) is 1. The molecule has 1 spiro atoms. The van der Waals surface area contributed by atoms with Crippen molar-refractivity contribution in [3.8, 4) is 17.7 Å². The highest BCUT2D eigenvalue weighted by molar-refractivity contribution is 5.97. The van der Waals surface area contributed by atoms with Gasteiger partial charge in [0.2, 0.25) is 0 Å². The standard InChI is InChI=1S/C32H36FN7O2/c1-4-39(21(2)3)31(41)27-13-24(33)9-12-28(27)42-30-29(35-20-36-37-30)38-18-32(19-38)14-25-10-11-26(15-32)40(25)17-23-7-5-22(16-34)6-8-23/h5-9,12-13,20-21,25-26H,4,10-11,14-15,17-19H2,1-3H3/t25-,26+. The molecule has 3 saturated heterocycles. The van der Waals surface area contributed by atoms with Crippen LogP contribution in [-0.4, -0.2) is 68.6 Å². The molecule has 1 aromatic heterocycles. The van der Waals surface area contributed by atoms with Gasteiger partial charge in [0.15, 0.2) is 5.82 Å². The van der Waals surface area contributed by atoms with Crippen molar-refractivity contribution in [2.45, 2.75) is 71.1 Å². The van der Waals surface area contributed by atoms with E-state index >= 15 is 0 Å². The average Bonchev–Trinajstić information content (AvgIpc) is 3.20. The molecule has 10 heteroatoms. The number of amides is 1. The molecule has 3 fully saturated rings. The highest BCUT2D eigenvalue weighted by Crippen LogP contribution is 2.52. The number of nitriles is 1. The first-order valence-corrected chi connectivity index (χ1v) is 14.7. The number of hydrogen-bond acceptors (Lipinski definition) is 8. The molecule has 218 valence electrons. The maximum atomic E-state index is 14.2. The van der Waals surface area contributed by atoms with Gasteiger partial charge in [-0.3, -0.25) is 9.69 Å². The van der Waals surface area contributed by atoms with Crippen molar-refractivity contribution in [1.29, 1.82) is 5.26 Å². The van der Waals surface area contributed by atoms with E-state index in [0.717, 1.165) is 32.5 Å². The first-order valence-electron chi connectivity index (χ1n) is 14.7. The van der Waals surface area contributed by atoms with Gasteiger partial charge in [-0.1, -0.05) is 12.1 Å². The molecule has 0 unspecified atom stereocenters. The lowest BCUT2D eigenvalue weighted by Crippen LogP contribution is -2.63. The van der Waals surface area contributed by atoms with Crippen LogP contribution in [0.25, 0.3) is 0 Å². The van der Waals surface area contributed by atoms with E-state index in [-0.39, 0.29) is 34.6 Å². The van der Waals surface area contributed by atoms with E-state index in [0.29, 0.717) is 30.0 Å². The predicted molar refractivity (Wildman–Crippen MR) is 156 cm³/mol. The number of anilines is 1. The molecule has 0 radical (unpaired) electrons. The number of benzene rings is 2. The molecule has 9 nitrogen and oxygen atoms in total. The van der Waals surface area contributed by atoms with E-state index < -0.39 is 5.82 Å². The average molecular weight is 570 g/mol. The quantitative estimate of drug-likeness (QED) is 0.366. The minimum absolute atomic E-state index is 0.0459. The summed E-state index contributed by atoms with van der Waals surface area (Å²) >= 11 is 0. The molecule has 6 rings (SSSR count). The van der Waals surface area contributed by atoms with Crippen LogP contribution < -0.4 is 9.64 Å². The third kappa shape index (κ3) is 5.29. The number of hydrogen-bond donors (Lipinski definition) is 0. The Kier molecular flexibility index (Phi) is 7.54. The fourth-order valence-electron chi connectivity index (χ4n) is 7.16. The largest absolute Gasteiger partial charge is 0.434 e. The van der Waals surface area contributed by atoms with Gasteiger partial charge in [-0.15, -0.1) is 10.2 Å². The minimum Gasteiger partial charge on any atom is -0.434 e. The van der Waals surface area contributed by atoms with Gasteiger partial charge in [0, 0.05) is 49.7 Å². The summed E-state index contributed by atoms with van der Waals surface area (Å²) in [6.45, 7) is 8.86. The monoisotopic (exact) mass is 569 g/mol. The molecule has 0 aliphatic carbocycles. The molecule has 3 aliphatic rings. The number of piperidine rings is 1. The number of nitrogens with zero attached hydrogens (tertiary/aromatic N) is 7. The Morgan fingerprint density at radius 2 is 1.88 bits per heavy atom. The van der Waals surface area contributed by atoms with Gasteiger partial charge in [0.05, 0.1) is 17.2 Å². The van der Waals surface area contributed by atoms with E-state index in [9.17, 15) is 9.18 Å². The second-order valence-electron chi connectivity index (χ2n) is 12.1. The summed E-state index contributed by atoms with van der Waals surface area (Å²) in [6.07, 6.45) is 6.08. The fourth-order valence-corrected chi connectivity index (χ4v) is 7.16. The molecule has 1 amide bonds. The van der Waals surface area contributed by atoms with Crippen LogP contribution in [0.15, 0.2) is 48.8 Å². The first kappa shape index (κ1) is 28.0. The highest BCUT2D eigenvalue weighted by Gasteiger charge is 2.54. The maximum Gasteiger partial charge on any atom is 0.282 e. The zero-order valence-electron chi connectivity index (χ0n) is 24.3. The van der Waals surface area contributed by atoms with Crippen molar-refractivity contribution in [2.75, 3.05) is 24.5 Å². The lowest BCUT2D eigenvalue weighted by Gasteiger charge is -2.56. The van der Waals surface area contributed by atoms with E-state index in [2.05, 4.69) is 43.2 Å². The predicted octanol–water partition coefficient (Wildman–Crippen LogP) is 5.18. The number of carbonyl (C=O) groups excluding carboxylic acids is 1. The van der Waals surface area contributed by atoms with Gasteiger partial charge in [-0.2, -0.15) is 5.26 Å². The van der Waals surface area contributed by atoms with Gasteiger partial charge in [0.1, 0.15) is 17.9 Å². The third-order valence-electron chi connectivity index (χ3n) is 9.08. The van der Waals surface area contributed by atoms with Gasteiger partial charge >= 0.3 is 0 Å². The summed E-state index contributed by atoms with van der Waals surface area (Å²) in [7, 11) is 0. The Labute approximate surface area is 245 Å². The van der Waals surface area contributed by atoms with Crippen molar-refractivity contribution in [3.05, 3.63) is 71.3 Å². The van der Waals surface area contributed by atoms with Crippen molar-refractivity contribution in [3.63, 3.8) is 0 Å². The Balaban J connectivity index is 1.16. The Morgan fingerprint density at radius 1 is 1.17 bits per heavy atom. The molecule has 2 atom stereocenters. The van der Waals surface area contributed by atoms with Gasteiger partial charge in [0.25, 0.3) is 11.8 Å². The summed E-state index contributed by atoms with van der Waals surface area (Å²) in [4.78, 5) is 24.3. The minimum atomic E-state index is -0.507. The summed E-state index contributed by atoms with van der Waals surface area (Å²) in [5.41, 5.74) is 2.30. The number of carbonyl (C=O) groups is 1. The zero-order valence-corrected chi connectivity index (χ0v) is 24.3. The SMILES string of the molecule is CCN(C(=O)c1cc(F)ccc1Oc1nncnc1N1CC2(C[C@H]3CC[C@@H](C2)N3Cc2ccc(C#N)cc2)C1)C(C)C. The van der Waals surface area contributed by atoms with Crippen LogP contribution in [0.5, 0.6) is 11.6 Å². The molecule has 0 N–H and O–H groups in total. The van der Waals surface area contributed by atoms with Crippen LogP contribution in [0.2, 0.25) is 0 Å². The normalized spacial score (nSPS) is 20.8. The van der Waals surface area contributed by atoms with Crippen LogP contribution in [0.3, 0.4) is 0 Å². The second-order valence-corrected chi connectivity index (χ2v) is 12.1. The van der Waals surface area contributed by atoms with E-state index in [4.69, 9.17) is 10.00 Å². The van der Waals surface area contributed by atoms with Crippen LogP contribution in [-0.2, 0) is 6.54 Å². The molecule has 0 saturated carbocycles. The zero-order chi connectivity index (χ0) is 29.4. The van der Waals surface area contributed by atoms with Gasteiger partial charge in [-0.05, 0) is 82.3 Å². The smallest absolute Gasteiger partial charge is 0.282 e. The molecule has 4 heterocycles. The third-order valence-corrected chi connectivity index (χ3v) is 9.08. The Morgan fingerprint density at radius 3 is 2.52 bits per heavy atom. The Bertz CT molecular complexity index is 1480. The number of rotatable bonds is 8. The van der Waals surface area contributed by atoms with E-state index in [1.54, 1.807) is 4.90 Å². The summed E-state index contributed by atoms with van der Waals surface area (Å²) in [5.74, 6) is 0.219. The lowest BCUT2D eigenvalue weighted by atomic mass is 9.69. The second kappa shape index (κ2) is 11.3. The van der Waals surface area contributed by atoms with Crippen molar-refractivity contribution in [2.24, 2.45) is 5.41 Å². The topological polar surface area (TPSA) is 98.5 Å². The molecular weight excluding hydrogens is 533 g/mol. The fraction of sp³-hybridized carbons (Fsp3) is 0.469. The van der Waals surface area contributed by atoms with Crippen LogP contribution in [0.1, 0.15) is 67.9 Å². The van der Waals surface area contributed by atoms with Crippen molar-refractivity contribution in [1.82, 2.24) is 25.0 Å². The maximum absolute atomic E-state index is 14.2. The highest BCUT2D eigenvalue weighted by atomic mass is 19.1. The van der Waals surface area contributed by atoms with Crippen LogP contribution in [0, 0.1) is 22.6 Å².